The summed E-state index contributed by atoms with van der Waals surface area (Å²) in [6, 6.07) is 0. The normalized spacial score (nSPS) is 21.2. The van der Waals surface area contributed by atoms with Gasteiger partial charge in [-0.25, -0.2) is 0 Å². The summed E-state index contributed by atoms with van der Waals surface area (Å²) >= 11 is 0. The summed E-state index contributed by atoms with van der Waals surface area (Å²) in [5.74, 6) is 1.49. The van der Waals surface area contributed by atoms with Crippen molar-refractivity contribution in [3.63, 3.8) is 0 Å². The molecule has 2 atom stereocenters. The molecule has 0 aromatic carbocycles. The minimum absolute atomic E-state index is 0.0426. The number of hydrogen-bond donors (Lipinski definition) is 0. The third kappa shape index (κ3) is 5.33. The van der Waals surface area contributed by atoms with Gasteiger partial charge in [-0.1, -0.05) is 34.1 Å². The molecule has 0 aromatic rings. The molecule has 0 spiro atoms. The molecule has 0 radical (unpaired) electrons. The molecule has 1 aliphatic rings. The van der Waals surface area contributed by atoms with Gasteiger partial charge in [-0.2, -0.15) is 0 Å². The number of rotatable bonds is 8. The molecule has 0 aliphatic carbocycles. The molecule has 3 nitrogen and oxygen atoms in total. The third-order valence-electron chi connectivity index (χ3n) is 3.87. The molecule has 0 bridgehead atoms. The maximum Gasteiger partial charge on any atom is 0.223 e. The zero-order valence-corrected chi connectivity index (χ0v) is 12.9. The number of ketones is 1. The summed E-state index contributed by atoms with van der Waals surface area (Å²) in [4.78, 5) is 25.9. The van der Waals surface area contributed by atoms with Crippen molar-refractivity contribution >= 4 is 11.7 Å². The Labute approximate surface area is 117 Å². The summed E-state index contributed by atoms with van der Waals surface area (Å²) in [7, 11) is 0. The molecule has 0 saturated carbocycles. The zero-order chi connectivity index (χ0) is 14.4. The fourth-order valence-corrected chi connectivity index (χ4v) is 2.95. The first kappa shape index (κ1) is 16.2. The average Bonchev–Trinajstić information content (AvgIpc) is 2.67. The zero-order valence-electron chi connectivity index (χ0n) is 12.9. The van der Waals surface area contributed by atoms with E-state index in [1.807, 2.05) is 4.90 Å². The van der Waals surface area contributed by atoms with Crippen LogP contribution in [0.15, 0.2) is 0 Å². The van der Waals surface area contributed by atoms with E-state index in [1.54, 1.807) is 0 Å². The summed E-state index contributed by atoms with van der Waals surface area (Å²) in [5, 5.41) is 0. The third-order valence-corrected chi connectivity index (χ3v) is 3.87. The van der Waals surface area contributed by atoms with Crippen molar-refractivity contribution in [1.82, 2.24) is 4.90 Å². The lowest BCUT2D eigenvalue weighted by Crippen LogP contribution is -2.27. The van der Waals surface area contributed by atoms with Crippen molar-refractivity contribution < 1.29 is 9.59 Å². The molecular formula is C16H29NO2. The molecule has 3 heteroatoms. The van der Waals surface area contributed by atoms with E-state index in [4.69, 9.17) is 0 Å². The van der Waals surface area contributed by atoms with Crippen molar-refractivity contribution in [2.75, 3.05) is 13.1 Å². The second-order valence-electron chi connectivity index (χ2n) is 6.50. The van der Waals surface area contributed by atoms with Crippen molar-refractivity contribution in [3.8, 4) is 0 Å². The van der Waals surface area contributed by atoms with Gasteiger partial charge in [0, 0.05) is 31.8 Å². The Hall–Kier alpha value is -0.860. The van der Waals surface area contributed by atoms with Crippen LogP contribution in [0.3, 0.4) is 0 Å². The summed E-state index contributed by atoms with van der Waals surface area (Å²) in [5.41, 5.74) is 0. The van der Waals surface area contributed by atoms with E-state index >= 15 is 0 Å². The fraction of sp³-hybridized carbons (Fsp3) is 0.875. The average molecular weight is 267 g/mol. The highest BCUT2D eigenvalue weighted by Crippen LogP contribution is 2.24. The molecule has 2 unspecified atom stereocenters. The van der Waals surface area contributed by atoms with E-state index in [0.717, 1.165) is 25.8 Å². The summed E-state index contributed by atoms with van der Waals surface area (Å²) < 4.78 is 0. The Morgan fingerprint density at radius 1 is 1.37 bits per heavy atom. The van der Waals surface area contributed by atoms with Gasteiger partial charge in [0.15, 0.2) is 0 Å². The number of hydrogen-bond acceptors (Lipinski definition) is 2. The van der Waals surface area contributed by atoms with E-state index in [1.165, 1.54) is 0 Å². The van der Waals surface area contributed by atoms with Gasteiger partial charge in [-0.05, 0) is 24.7 Å². The Kier molecular flexibility index (Phi) is 6.53. The number of amides is 1. The van der Waals surface area contributed by atoms with Crippen LogP contribution in [0, 0.1) is 17.8 Å². The summed E-state index contributed by atoms with van der Waals surface area (Å²) in [6.07, 6.45) is 4.30. The fourth-order valence-electron chi connectivity index (χ4n) is 2.95. The quantitative estimate of drug-likeness (QED) is 0.677. The number of carbonyl (C=O) groups excluding carboxylic acids is 2. The van der Waals surface area contributed by atoms with Gasteiger partial charge < -0.3 is 4.90 Å². The highest BCUT2D eigenvalue weighted by atomic mass is 16.2. The Morgan fingerprint density at radius 2 is 2.05 bits per heavy atom. The topological polar surface area (TPSA) is 37.4 Å². The molecule has 1 aliphatic heterocycles. The minimum Gasteiger partial charge on any atom is -0.342 e. The highest BCUT2D eigenvalue weighted by Gasteiger charge is 2.33. The molecule has 1 heterocycles. The Morgan fingerprint density at radius 3 is 2.63 bits per heavy atom. The number of likely N-dealkylation sites (tertiary alicyclic amines) is 1. The minimum atomic E-state index is -0.0426. The van der Waals surface area contributed by atoms with Crippen molar-refractivity contribution in [2.45, 2.75) is 59.8 Å². The van der Waals surface area contributed by atoms with Crippen LogP contribution in [-0.2, 0) is 9.59 Å². The molecule has 1 fully saturated rings. The largest absolute Gasteiger partial charge is 0.342 e. The Balaban J connectivity index is 2.40. The maximum absolute atomic E-state index is 12.2. The van der Waals surface area contributed by atoms with Gasteiger partial charge in [0.05, 0.1) is 0 Å². The Bertz CT molecular complexity index is 312. The molecule has 110 valence electrons. The van der Waals surface area contributed by atoms with Crippen LogP contribution in [0.25, 0.3) is 0 Å². The number of carbonyl (C=O) groups is 2. The van der Waals surface area contributed by atoms with E-state index in [2.05, 4.69) is 27.7 Å². The smallest absolute Gasteiger partial charge is 0.223 e. The summed E-state index contributed by atoms with van der Waals surface area (Å²) in [6.45, 7) is 10.1. The molecule has 1 rings (SSSR count). The maximum atomic E-state index is 12.2. The standard InChI is InChI=1S/C16H29NO2/c1-5-6-7-17-11-14(10-16(17)19)15(18)9-13(4)8-12(2)3/h12-14H,5-11H2,1-4H3. The van der Waals surface area contributed by atoms with Gasteiger partial charge in [0.2, 0.25) is 5.91 Å². The molecular weight excluding hydrogens is 238 g/mol. The number of unbranched alkanes of at least 4 members (excludes halogenated alkanes) is 1. The van der Waals surface area contributed by atoms with Gasteiger partial charge in [-0.3, -0.25) is 9.59 Å². The lowest BCUT2D eigenvalue weighted by atomic mass is 9.89. The van der Waals surface area contributed by atoms with E-state index in [0.29, 0.717) is 37.0 Å². The lowest BCUT2D eigenvalue weighted by Gasteiger charge is -2.17. The first-order valence-corrected chi connectivity index (χ1v) is 7.74. The van der Waals surface area contributed by atoms with Crippen molar-refractivity contribution in [1.29, 1.82) is 0 Å². The van der Waals surface area contributed by atoms with Crippen LogP contribution in [0.2, 0.25) is 0 Å². The highest BCUT2D eigenvalue weighted by molar-refractivity contribution is 5.90. The number of Topliss-reactive ketones (excluding diaryl/α,β-unsaturated/α-hetero) is 1. The number of nitrogens with zero attached hydrogens (tertiary/aromatic N) is 1. The van der Waals surface area contributed by atoms with Gasteiger partial charge in [0.1, 0.15) is 5.78 Å². The molecule has 19 heavy (non-hydrogen) atoms. The first-order valence-electron chi connectivity index (χ1n) is 7.74. The predicted octanol–water partition coefficient (Wildman–Crippen LogP) is 3.28. The molecule has 1 saturated heterocycles. The first-order chi connectivity index (χ1) is 8.93. The van der Waals surface area contributed by atoms with Crippen LogP contribution in [-0.4, -0.2) is 29.7 Å². The second kappa shape index (κ2) is 7.66. The predicted molar refractivity (Wildman–Crippen MR) is 77.8 cm³/mol. The van der Waals surface area contributed by atoms with Gasteiger partial charge >= 0.3 is 0 Å². The van der Waals surface area contributed by atoms with E-state index in [9.17, 15) is 9.59 Å². The van der Waals surface area contributed by atoms with Gasteiger partial charge in [-0.15, -0.1) is 0 Å². The van der Waals surface area contributed by atoms with Crippen LogP contribution in [0.1, 0.15) is 59.8 Å². The van der Waals surface area contributed by atoms with Crippen LogP contribution >= 0.6 is 0 Å². The lowest BCUT2D eigenvalue weighted by molar-refractivity contribution is -0.128. The van der Waals surface area contributed by atoms with E-state index in [-0.39, 0.29) is 11.8 Å². The SMILES string of the molecule is CCCCN1CC(C(=O)CC(C)CC(C)C)CC1=O. The van der Waals surface area contributed by atoms with Crippen molar-refractivity contribution in [3.05, 3.63) is 0 Å². The second-order valence-corrected chi connectivity index (χ2v) is 6.50. The monoisotopic (exact) mass is 267 g/mol. The van der Waals surface area contributed by atoms with Crippen LogP contribution in [0.4, 0.5) is 0 Å². The van der Waals surface area contributed by atoms with E-state index < -0.39 is 0 Å². The van der Waals surface area contributed by atoms with Crippen molar-refractivity contribution in [2.24, 2.45) is 17.8 Å². The van der Waals surface area contributed by atoms with Gasteiger partial charge in [0.25, 0.3) is 0 Å². The van der Waals surface area contributed by atoms with Crippen LogP contribution in [0.5, 0.6) is 0 Å². The van der Waals surface area contributed by atoms with Crippen LogP contribution < -0.4 is 0 Å². The molecule has 0 N–H and O–H groups in total. The molecule has 0 aromatic heterocycles. The molecule has 1 amide bonds.